The maximum absolute atomic E-state index is 11.0. The van der Waals surface area contributed by atoms with Crippen LogP contribution in [-0.2, 0) is 11.8 Å². The summed E-state index contributed by atoms with van der Waals surface area (Å²) in [5, 5.41) is 25.0. The predicted octanol–water partition coefficient (Wildman–Crippen LogP) is 1.27. The van der Waals surface area contributed by atoms with E-state index in [0.717, 1.165) is 6.42 Å². The Kier molecular flexibility index (Phi) is 4.10. The molecule has 0 amide bonds. The van der Waals surface area contributed by atoms with E-state index >= 15 is 0 Å². The van der Waals surface area contributed by atoms with Crippen LogP contribution >= 0.6 is 0 Å². The minimum atomic E-state index is -0.922. The second-order valence-corrected chi connectivity index (χ2v) is 3.87. The van der Waals surface area contributed by atoms with Gasteiger partial charge >= 0.3 is 5.97 Å². The molecule has 0 aliphatic rings. The molecule has 1 aromatic heterocycles. The van der Waals surface area contributed by atoms with Crippen molar-refractivity contribution in [2.75, 3.05) is 5.32 Å². The molecule has 1 rings (SSSR count). The average Bonchev–Trinajstić information content (AvgIpc) is 2.52. The minimum Gasteiger partial charge on any atom is -0.480 e. The summed E-state index contributed by atoms with van der Waals surface area (Å²) in [6.07, 6.45) is 1.26. The molecule has 0 saturated carbocycles. The van der Waals surface area contributed by atoms with Crippen LogP contribution in [0.15, 0.2) is 0 Å². The quantitative estimate of drug-likeness (QED) is 0.803. The van der Waals surface area contributed by atoms with Gasteiger partial charge in [0.25, 0.3) is 0 Å². The zero-order valence-corrected chi connectivity index (χ0v) is 10.2. The predicted molar refractivity (Wildman–Crippen MR) is 62.6 cm³/mol. The lowest BCUT2D eigenvalue weighted by Crippen LogP contribution is -2.30. The number of hydrogen-bond acceptors (Lipinski definition) is 4. The van der Waals surface area contributed by atoms with Crippen molar-refractivity contribution in [3.63, 3.8) is 0 Å². The molecule has 1 aromatic rings. The molecule has 0 aliphatic carbocycles. The van der Waals surface area contributed by atoms with E-state index in [4.69, 9.17) is 10.4 Å². The Morgan fingerprint density at radius 2 is 2.35 bits per heavy atom. The number of nitrogens with zero attached hydrogens (tertiary/aromatic N) is 3. The Morgan fingerprint density at radius 1 is 1.71 bits per heavy atom. The van der Waals surface area contributed by atoms with Crippen molar-refractivity contribution in [1.82, 2.24) is 9.78 Å². The summed E-state index contributed by atoms with van der Waals surface area (Å²) in [5.41, 5.74) is 0.994. The van der Waals surface area contributed by atoms with Gasteiger partial charge in [0.05, 0.1) is 5.69 Å². The normalized spacial score (nSPS) is 11.9. The molecule has 0 radical (unpaired) electrons. The Balaban J connectivity index is 3.01. The first-order valence-electron chi connectivity index (χ1n) is 5.44. The summed E-state index contributed by atoms with van der Waals surface area (Å²) < 4.78 is 1.50. The highest BCUT2D eigenvalue weighted by Crippen LogP contribution is 2.19. The van der Waals surface area contributed by atoms with Crippen LogP contribution in [0.5, 0.6) is 0 Å². The fraction of sp³-hybridized carbons (Fsp3) is 0.545. The van der Waals surface area contributed by atoms with Gasteiger partial charge in [0.2, 0.25) is 0 Å². The molecule has 2 N–H and O–H groups in total. The van der Waals surface area contributed by atoms with E-state index in [0.29, 0.717) is 23.5 Å². The number of carboxylic acid groups (broad SMARTS) is 1. The molecule has 0 spiro atoms. The van der Waals surface area contributed by atoms with Crippen LogP contribution in [0.4, 0.5) is 5.82 Å². The molecule has 92 valence electrons. The van der Waals surface area contributed by atoms with Crippen LogP contribution in [-0.4, -0.2) is 26.9 Å². The highest BCUT2D eigenvalue weighted by atomic mass is 16.4. The third-order valence-electron chi connectivity index (χ3n) is 2.52. The topological polar surface area (TPSA) is 90.9 Å². The van der Waals surface area contributed by atoms with Crippen LogP contribution in [0.2, 0.25) is 0 Å². The van der Waals surface area contributed by atoms with Crippen LogP contribution < -0.4 is 5.32 Å². The Labute approximate surface area is 99.9 Å². The molecule has 1 heterocycles. The van der Waals surface area contributed by atoms with Gasteiger partial charge in [-0.15, -0.1) is 0 Å². The van der Waals surface area contributed by atoms with Crippen molar-refractivity contribution in [3.05, 3.63) is 11.3 Å². The summed E-state index contributed by atoms with van der Waals surface area (Å²) in [7, 11) is 1.68. The number of carbonyl (C=O) groups is 1. The third kappa shape index (κ3) is 2.75. The molecular weight excluding hydrogens is 220 g/mol. The molecule has 1 unspecified atom stereocenters. The summed E-state index contributed by atoms with van der Waals surface area (Å²) >= 11 is 0. The molecule has 0 fully saturated rings. The van der Waals surface area contributed by atoms with Crippen LogP contribution in [0, 0.1) is 18.3 Å². The fourth-order valence-electron chi connectivity index (χ4n) is 1.67. The van der Waals surface area contributed by atoms with E-state index in [9.17, 15) is 4.79 Å². The van der Waals surface area contributed by atoms with Crippen molar-refractivity contribution in [2.24, 2.45) is 7.05 Å². The van der Waals surface area contributed by atoms with Crippen molar-refractivity contribution >= 4 is 11.8 Å². The second-order valence-electron chi connectivity index (χ2n) is 3.87. The Morgan fingerprint density at radius 3 is 2.82 bits per heavy atom. The fourth-order valence-corrected chi connectivity index (χ4v) is 1.67. The smallest absolute Gasteiger partial charge is 0.326 e. The number of aryl methyl sites for hydroxylation is 2. The first kappa shape index (κ1) is 13.0. The molecule has 0 saturated heterocycles. The molecular formula is C11H16N4O2. The van der Waals surface area contributed by atoms with Gasteiger partial charge in [0.1, 0.15) is 23.5 Å². The van der Waals surface area contributed by atoms with Gasteiger partial charge in [-0.3, -0.25) is 4.68 Å². The zero-order chi connectivity index (χ0) is 13.0. The van der Waals surface area contributed by atoms with Gasteiger partial charge in [-0.1, -0.05) is 13.3 Å². The van der Waals surface area contributed by atoms with Crippen LogP contribution in [0.25, 0.3) is 0 Å². The molecule has 17 heavy (non-hydrogen) atoms. The van der Waals surface area contributed by atoms with Gasteiger partial charge in [-0.25, -0.2) is 4.79 Å². The third-order valence-corrected chi connectivity index (χ3v) is 2.52. The molecule has 0 aromatic carbocycles. The summed E-state index contributed by atoms with van der Waals surface area (Å²) in [4.78, 5) is 11.0. The number of rotatable bonds is 5. The van der Waals surface area contributed by atoms with E-state index in [1.807, 2.05) is 13.0 Å². The zero-order valence-electron chi connectivity index (χ0n) is 10.2. The number of carboxylic acids is 1. The van der Waals surface area contributed by atoms with Gasteiger partial charge < -0.3 is 10.4 Å². The van der Waals surface area contributed by atoms with Crippen LogP contribution in [0.3, 0.4) is 0 Å². The number of aliphatic carboxylic acids is 1. The maximum Gasteiger partial charge on any atom is 0.326 e. The highest BCUT2D eigenvalue weighted by Gasteiger charge is 2.21. The van der Waals surface area contributed by atoms with Gasteiger partial charge in [-0.05, 0) is 13.3 Å². The van der Waals surface area contributed by atoms with Gasteiger partial charge in [0, 0.05) is 7.05 Å². The number of nitrogens with one attached hydrogen (secondary N) is 1. The number of aromatic nitrogens is 2. The standard InChI is InChI=1S/C11H16N4O2/c1-4-5-9(11(16)17)13-10-8(6-12)7(2)14-15(10)3/h9,13H,4-5H2,1-3H3,(H,16,17). The van der Waals surface area contributed by atoms with Crippen molar-refractivity contribution in [3.8, 4) is 6.07 Å². The number of hydrogen-bond donors (Lipinski definition) is 2. The lowest BCUT2D eigenvalue weighted by Gasteiger charge is -2.14. The molecule has 6 heteroatoms. The monoisotopic (exact) mass is 236 g/mol. The number of nitriles is 1. The SMILES string of the molecule is CCCC(Nc1c(C#N)c(C)nn1C)C(=O)O. The second kappa shape index (κ2) is 5.34. The lowest BCUT2D eigenvalue weighted by atomic mass is 10.1. The van der Waals surface area contributed by atoms with Crippen molar-refractivity contribution < 1.29 is 9.90 Å². The summed E-state index contributed by atoms with van der Waals surface area (Å²) in [6.45, 7) is 3.64. The summed E-state index contributed by atoms with van der Waals surface area (Å²) in [5.74, 6) is -0.458. The lowest BCUT2D eigenvalue weighted by molar-refractivity contribution is -0.138. The maximum atomic E-state index is 11.0. The molecule has 1 atom stereocenters. The summed E-state index contributed by atoms with van der Waals surface area (Å²) in [6, 6.07) is 1.34. The van der Waals surface area contributed by atoms with E-state index in [2.05, 4.69) is 10.4 Å². The van der Waals surface area contributed by atoms with Gasteiger partial charge in [-0.2, -0.15) is 10.4 Å². The first-order valence-corrected chi connectivity index (χ1v) is 5.44. The molecule has 0 aliphatic heterocycles. The van der Waals surface area contributed by atoms with Crippen molar-refractivity contribution in [2.45, 2.75) is 32.7 Å². The Bertz CT molecular complexity index is 459. The average molecular weight is 236 g/mol. The van der Waals surface area contributed by atoms with Crippen molar-refractivity contribution in [1.29, 1.82) is 5.26 Å². The molecule has 6 nitrogen and oxygen atoms in total. The van der Waals surface area contributed by atoms with E-state index in [1.165, 1.54) is 4.68 Å². The first-order chi connectivity index (χ1) is 8.01. The number of anilines is 1. The van der Waals surface area contributed by atoms with Gasteiger partial charge in [0.15, 0.2) is 0 Å². The van der Waals surface area contributed by atoms with E-state index in [-0.39, 0.29) is 0 Å². The van der Waals surface area contributed by atoms with Crippen LogP contribution in [0.1, 0.15) is 31.0 Å². The minimum absolute atomic E-state index is 0.398. The Hall–Kier alpha value is -2.03. The van der Waals surface area contributed by atoms with E-state index < -0.39 is 12.0 Å². The molecule has 0 bridgehead atoms. The highest BCUT2D eigenvalue weighted by molar-refractivity contribution is 5.77. The van der Waals surface area contributed by atoms with E-state index in [1.54, 1.807) is 14.0 Å². The largest absolute Gasteiger partial charge is 0.480 e.